The van der Waals surface area contributed by atoms with Gasteiger partial charge < -0.3 is 5.32 Å². The van der Waals surface area contributed by atoms with E-state index in [0.717, 1.165) is 22.5 Å². The van der Waals surface area contributed by atoms with Gasteiger partial charge in [0.25, 0.3) is 0 Å². The van der Waals surface area contributed by atoms with Crippen LogP contribution in [0.2, 0.25) is 0 Å². The molecular formula is C18H19N5O. The van der Waals surface area contributed by atoms with Crippen molar-refractivity contribution in [3.8, 4) is 11.4 Å². The van der Waals surface area contributed by atoms with Crippen LogP contribution in [-0.4, -0.2) is 25.7 Å². The summed E-state index contributed by atoms with van der Waals surface area (Å²) in [5, 5.41) is 7.16. The molecule has 1 amide bonds. The number of nitrogens with zero attached hydrogens (tertiary/aromatic N) is 4. The molecule has 0 atom stereocenters. The van der Waals surface area contributed by atoms with Gasteiger partial charge >= 0.3 is 0 Å². The number of benzene rings is 1. The fourth-order valence-electron chi connectivity index (χ4n) is 2.57. The number of hydrogen-bond donors (Lipinski definition) is 1. The van der Waals surface area contributed by atoms with Crippen molar-refractivity contribution in [2.45, 2.75) is 20.3 Å². The van der Waals surface area contributed by atoms with Crippen LogP contribution < -0.4 is 5.32 Å². The lowest BCUT2D eigenvalue weighted by molar-refractivity contribution is -0.115. The molecule has 0 aliphatic carbocycles. The van der Waals surface area contributed by atoms with Crippen molar-refractivity contribution in [3.05, 3.63) is 59.7 Å². The second-order valence-electron chi connectivity index (χ2n) is 5.66. The minimum Gasteiger partial charge on any atom is -0.323 e. The Bertz CT molecular complexity index is 853. The van der Waals surface area contributed by atoms with Crippen LogP contribution in [0.3, 0.4) is 0 Å². The van der Waals surface area contributed by atoms with Crippen LogP contribution in [0.4, 0.5) is 5.69 Å². The Morgan fingerprint density at radius 2 is 1.79 bits per heavy atom. The van der Waals surface area contributed by atoms with Crippen LogP contribution in [0.5, 0.6) is 0 Å². The van der Waals surface area contributed by atoms with E-state index in [4.69, 9.17) is 0 Å². The minimum absolute atomic E-state index is 0.106. The average molecular weight is 321 g/mol. The lowest BCUT2D eigenvalue weighted by Crippen LogP contribution is -2.15. The average Bonchev–Trinajstić information content (AvgIpc) is 2.82. The molecule has 0 fully saturated rings. The van der Waals surface area contributed by atoms with Crippen LogP contribution in [-0.2, 0) is 18.3 Å². The standard InChI is InChI=1S/C18H19N5O/c1-12-16(13(2)23(3)22-12)9-17(24)21-15-10-19-18(20-11-15)14-7-5-4-6-8-14/h4-8,10-11H,9H2,1-3H3,(H,21,24). The second kappa shape index (κ2) is 6.62. The zero-order chi connectivity index (χ0) is 17.1. The molecule has 0 radical (unpaired) electrons. The molecule has 6 heteroatoms. The van der Waals surface area contributed by atoms with Crippen LogP contribution in [0.1, 0.15) is 17.0 Å². The largest absolute Gasteiger partial charge is 0.323 e. The first-order chi connectivity index (χ1) is 11.5. The van der Waals surface area contributed by atoms with Gasteiger partial charge in [-0.25, -0.2) is 9.97 Å². The van der Waals surface area contributed by atoms with Gasteiger partial charge in [0, 0.05) is 23.9 Å². The minimum atomic E-state index is -0.106. The highest BCUT2D eigenvalue weighted by Gasteiger charge is 2.14. The molecule has 0 spiro atoms. The third-order valence-corrected chi connectivity index (χ3v) is 3.96. The number of nitrogens with one attached hydrogen (secondary N) is 1. The van der Waals surface area contributed by atoms with Crippen molar-refractivity contribution >= 4 is 11.6 Å². The summed E-state index contributed by atoms with van der Waals surface area (Å²) in [6.07, 6.45) is 3.53. The summed E-state index contributed by atoms with van der Waals surface area (Å²) in [5.41, 5.74) is 4.35. The SMILES string of the molecule is Cc1nn(C)c(C)c1CC(=O)Nc1cnc(-c2ccccc2)nc1. The Kier molecular flexibility index (Phi) is 4.37. The van der Waals surface area contributed by atoms with Gasteiger partial charge in [0.1, 0.15) is 0 Å². The van der Waals surface area contributed by atoms with Crippen LogP contribution in [0.25, 0.3) is 11.4 Å². The number of rotatable bonds is 4. The van der Waals surface area contributed by atoms with Crippen molar-refractivity contribution in [3.63, 3.8) is 0 Å². The molecule has 1 N–H and O–H groups in total. The van der Waals surface area contributed by atoms with Crippen molar-refractivity contribution < 1.29 is 4.79 Å². The van der Waals surface area contributed by atoms with E-state index < -0.39 is 0 Å². The van der Waals surface area contributed by atoms with E-state index in [1.54, 1.807) is 17.1 Å². The molecular weight excluding hydrogens is 302 g/mol. The Hall–Kier alpha value is -3.02. The summed E-state index contributed by atoms with van der Waals surface area (Å²) in [6.45, 7) is 3.87. The predicted octanol–water partition coefficient (Wildman–Crippen LogP) is 2.68. The highest BCUT2D eigenvalue weighted by atomic mass is 16.1. The van der Waals surface area contributed by atoms with E-state index in [1.807, 2.05) is 51.2 Å². The van der Waals surface area contributed by atoms with Gasteiger partial charge in [0.2, 0.25) is 5.91 Å². The van der Waals surface area contributed by atoms with Crippen LogP contribution in [0.15, 0.2) is 42.7 Å². The van der Waals surface area contributed by atoms with Gasteiger partial charge in [-0.2, -0.15) is 5.10 Å². The fourth-order valence-corrected chi connectivity index (χ4v) is 2.57. The normalized spacial score (nSPS) is 10.6. The maximum atomic E-state index is 12.2. The molecule has 0 aliphatic heterocycles. The molecule has 0 saturated carbocycles. The third-order valence-electron chi connectivity index (χ3n) is 3.96. The Labute approximate surface area is 140 Å². The number of amides is 1. The van der Waals surface area contributed by atoms with E-state index in [-0.39, 0.29) is 12.3 Å². The number of anilines is 1. The molecule has 0 aliphatic rings. The number of aromatic nitrogens is 4. The molecule has 2 aromatic heterocycles. The third kappa shape index (κ3) is 3.32. The number of aryl methyl sites for hydroxylation is 2. The first-order valence-electron chi connectivity index (χ1n) is 7.71. The molecule has 3 rings (SSSR count). The highest BCUT2D eigenvalue weighted by Crippen LogP contribution is 2.16. The van der Waals surface area contributed by atoms with Crippen molar-refractivity contribution in [1.29, 1.82) is 0 Å². The summed E-state index contributed by atoms with van der Waals surface area (Å²) in [6, 6.07) is 9.71. The Balaban J connectivity index is 1.69. The molecule has 24 heavy (non-hydrogen) atoms. The maximum absolute atomic E-state index is 12.2. The summed E-state index contributed by atoms with van der Waals surface area (Å²) in [4.78, 5) is 20.9. The maximum Gasteiger partial charge on any atom is 0.229 e. The molecule has 122 valence electrons. The summed E-state index contributed by atoms with van der Waals surface area (Å²) in [5.74, 6) is 0.526. The predicted molar refractivity (Wildman–Crippen MR) is 92.5 cm³/mol. The summed E-state index contributed by atoms with van der Waals surface area (Å²) >= 11 is 0. The molecule has 2 heterocycles. The van der Waals surface area contributed by atoms with Gasteiger partial charge in [0.15, 0.2) is 5.82 Å². The number of carbonyl (C=O) groups is 1. The monoisotopic (exact) mass is 321 g/mol. The van der Waals surface area contributed by atoms with E-state index in [0.29, 0.717) is 11.5 Å². The molecule has 6 nitrogen and oxygen atoms in total. The number of hydrogen-bond acceptors (Lipinski definition) is 4. The van der Waals surface area contributed by atoms with Gasteiger partial charge in [-0.05, 0) is 13.8 Å². The quantitative estimate of drug-likeness (QED) is 0.802. The zero-order valence-electron chi connectivity index (χ0n) is 13.9. The topological polar surface area (TPSA) is 72.7 Å². The molecule has 0 bridgehead atoms. The number of carbonyl (C=O) groups excluding carboxylic acids is 1. The second-order valence-corrected chi connectivity index (χ2v) is 5.66. The van der Waals surface area contributed by atoms with E-state index in [1.165, 1.54) is 0 Å². The zero-order valence-corrected chi connectivity index (χ0v) is 13.9. The van der Waals surface area contributed by atoms with Gasteiger partial charge in [-0.3, -0.25) is 9.48 Å². The molecule has 1 aromatic carbocycles. The van der Waals surface area contributed by atoms with Gasteiger partial charge in [0.05, 0.1) is 30.2 Å². The molecule has 0 saturated heterocycles. The molecule has 0 unspecified atom stereocenters. The van der Waals surface area contributed by atoms with Crippen LogP contribution >= 0.6 is 0 Å². The van der Waals surface area contributed by atoms with Crippen molar-refractivity contribution in [2.75, 3.05) is 5.32 Å². The van der Waals surface area contributed by atoms with Gasteiger partial charge in [-0.15, -0.1) is 0 Å². The first kappa shape index (κ1) is 15.9. The lowest BCUT2D eigenvalue weighted by Gasteiger charge is -2.06. The lowest BCUT2D eigenvalue weighted by atomic mass is 10.1. The van der Waals surface area contributed by atoms with E-state index in [9.17, 15) is 4.79 Å². The van der Waals surface area contributed by atoms with Crippen LogP contribution in [0, 0.1) is 13.8 Å². The Morgan fingerprint density at radius 3 is 2.38 bits per heavy atom. The Morgan fingerprint density at radius 1 is 1.12 bits per heavy atom. The van der Waals surface area contributed by atoms with Crippen molar-refractivity contribution in [1.82, 2.24) is 19.7 Å². The summed E-state index contributed by atoms with van der Waals surface area (Å²) in [7, 11) is 1.87. The van der Waals surface area contributed by atoms with Crippen molar-refractivity contribution in [2.24, 2.45) is 7.05 Å². The first-order valence-corrected chi connectivity index (χ1v) is 7.71. The fraction of sp³-hybridized carbons (Fsp3) is 0.222. The van der Waals surface area contributed by atoms with E-state index in [2.05, 4.69) is 20.4 Å². The smallest absolute Gasteiger partial charge is 0.229 e. The summed E-state index contributed by atoms with van der Waals surface area (Å²) < 4.78 is 1.79. The molecule has 3 aromatic rings. The highest BCUT2D eigenvalue weighted by molar-refractivity contribution is 5.92. The van der Waals surface area contributed by atoms with E-state index >= 15 is 0 Å². The van der Waals surface area contributed by atoms with Gasteiger partial charge in [-0.1, -0.05) is 30.3 Å².